The second-order valence-corrected chi connectivity index (χ2v) is 8.91. The molecule has 0 unspecified atom stereocenters. The minimum atomic E-state index is -0.288. The molecule has 0 spiro atoms. The number of nitrogens with one attached hydrogen (secondary N) is 2. The van der Waals surface area contributed by atoms with Crippen molar-refractivity contribution >= 4 is 49.7 Å². The number of nitrogens with zero attached hydrogens (tertiary/aromatic N) is 2. The number of hydrogen-bond donors (Lipinski definition) is 2. The molecule has 2 heterocycles. The van der Waals surface area contributed by atoms with Gasteiger partial charge in [-0.2, -0.15) is 0 Å². The number of hydrogen-bond acceptors (Lipinski definition) is 5. The molecule has 0 saturated carbocycles. The van der Waals surface area contributed by atoms with Crippen LogP contribution in [0.15, 0.2) is 72.8 Å². The van der Waals surface area contributed by atoms with Gasteiger partial charge < -0.3 is 15.5 Å². The van der Waals surface area contributed by atoms with Gasteiger partial charge in [0.25, 0.3) is 0 Å². The average Bonchev–Trinajstić information content (AvgIpc) is 3.27. The molecule has 3 aromatic carbocycles. The van der Waals surface area contributed by atoms with Crippen LogP contribution in [-0.4, -0.2) is 24.0 Å². The third kappa shape index (κ3) is 4.43. The minimum Gasteiger partial charge on any atom is -0.356 e. The normalized spacial score (nSPS) is 14.5. The van der Waals surface area contributed by atoms with E-state index in [1.165, 1.54) is 17.4 Å². The second kappa shape index (κ2) is 8.96. The molecule has 4 aromatic rings. The minimum absolute atomic E-state index is 0.0421. The van der Waals surface area contributed by atoms with Crippen LogP contribution in [0.5, 0.6) is 0 Å². The van der Waals surface area contributed by atoms with Crippen LogP contribution in [0.4, 0.5) is 26.6 Å². The Hall–Kier alpha value is -3.45. The number of rotatable bonds is 5. The van der Waals surface area contributed by atoms with Crippen LogP contribution in [-0.2, 0) is 4.79 Å². The maximum absolute atomic E-state index is 13.9. The lowest BCUT2D eigenvalue weighted by atomic mass is 9.96. The van der Waals surface area contributed by atoms with E-state index in [1.54, 1.807) is 6.07 Å². The largest absolute Gasteiger partial charge is 0.356 e. The molecule has 0 radical (unpaired) electrons. The predicted molar refractivity (Wildman–Crippen MR) is 129 cm³/mol. The lowest BCUT2D eigenvalue weighted by Gasteiger charge is -2.31. The van der Waals surface area contributed by atoms with Crippen molar-refractivity contribution in [1.82, 2.24) is 4.98 Å². The number of para-hydroxylation sites is 2. The SMILES string of the molecule is O=C(Nc1ccc(Nc2ccccc2)cc1)C1CCN(c2nc3c(F)cccc3s2)CC1. The van der Waals surface area contributed by atoms with Gasteiger partial charge in [-0.15, -0.1) is 0 Å². The van der Waals surface area contributed by atoms with E-state index < -0.39 is 0 Å². The number of aromatic nitrogens is 1. The van der Waals surface area contributed by atoms with Crippen LogP contribution < -0.4 is 15.5 Å². The zero-order valence-electron chi connectivity index (χ0n) is 17.4. The third-order valence-corrected chi connectivity index (χ3v) is 6.79. The van der Waals surface area contributed by atoms with Gasteiger partial charge in [0.05, 0.1) is 4.70 Å². The van der Waals surface area contributed by atoms with Crippen LogP contribution in [0.2, 0.25) is 0 Å². The van der Waals surface area contributed by atoms with Crippen molar-refractivity contribution in [3.63, 3.8) is 0 Å². The molecule has 0 bridgehead atoms. The zero-order valence-corrected chi connectivity index (χ0v) is 18.2. The second-order valence-electron chi connectivity index (χ2n) is 7.90. The molecule has 2 N–H and O–H groups in total. The van der Waals surface area contributed by atoms with Gasteiger partial charge in [-0.3, -0.25) is 4.79 Å². The summed E-state index contributed by atoms with van der Waals surface area (Å²) in [5, 5.41) is 7.20. The highest BCUT2D eigenvalue weighted by atomic mass is 32.1. The smallest absolute Gasteiger partial charge is 0.227 e. The Morgan fingerprint density at radius 1 is 0.906 bits per heavy atom. The lowest BCUT2D eigenvalue weighted by Crippen LogP contribution is -2.38. The van der Waals surface area contributed by atoms with Gasteiger partial charge in [-0.25, -0.2) is 9.37 Å². The molecular weight excluding hydrogens is 423 g/mol. The van der Waals surface area contributed by atoms with E-state index in [-0.39, 0.29) is 17.6 Å². The van der Waals surface area contributed by atoms with Gasteiger partial charge in [0.1, 0.15) is 11.3 Å². The lowest BCUT2D eigenvalue weighted by molar-refractivity contribution is -0.120. The monoisotopic (exact) mass is 446 g/mol. The van der Waals surface area contributed by atoms with Crippen molar-refractivity contribution in [3.8, 4) is 0 Å². The van der Waals surface area contributed by atoms with Crippen LogP contribution in [0.25, 0.3) is 10.2 Å². The molecule has 1 aliphatic rings. The van der Waals surface area contributed by atoms with E-state index in [0.717, 1.165) is 52.8 Å². The molecule has 1 fully saturated rings. The molecule has 1 aliphatic heterocycles. The first kappa shape index (κ1) is 20.5. The Kier molecular flexibility index (Phi) is 5.73. The number of fused-ring (bicyclic) bond motifs is 1. The quantitative estimate of drug-likeness (QED) is 0.393. The molecule has 0 atom stereocenters. The number of carbonyl (C=O) groups excluding carboxylic acids is 1. The van der Waals surface area contributed by atoms with Gasteiger partial charge in [0, 0.05) is 36.1 Å². The molecule has 1 aromatic heterocycles. The highest BCUT2D eigenvalue weighted by Crippen LogP contribution is 2.32. The van der Waals surface area contributed by atoms with Gasteiger partial charge >= 0.3 is 0 Å². The number of amides is 1. The number of carbonyl (C=O) groups is 1. The van der Waals surface area contributed by atoms with Gasteiger partial charge in [0.15, 0.2) is 5.13 Å². The Balaban J connectivity index is 1.16. The van der Waals surface area contributed by atoms with Crippen LogP contribution in [0, 0.1) is 11.7 Å². The Labute approximate surface area is 189 Å². The number of piperidine rings is 1. The molecule has 1 amide bonds. The molecule has 0 aliphatic carbocycles. The van der Waals surface area contributed by atoms with Crippen molar-refractivity contribution in [2.24, 2.45) is 5.92 Å². The fraction of sp³-hybridized carbons (Fsp3) is 0.200. The van der Waals surface area contributed by atoms with E-state index in [4.69, 9.17) is 0 Å². The summed E-state index contributed by atoms with van der Waals surface area (Å²) in [5.41, 5.74) is 3.21. The summed E-state index contributed by atoms with van der Waals surface area (Å²) in [6.07, 6.45) is 1.50. The van der Waals surface area contributed by atoms with Crippen molar-refractivity contribution in [2.45, 2.75) is 12.8 Å². The molecule has 7 heteroatoms. The summed E-state index contributed by atoms with van der Waals surface area (Å²) in [4.78, 5) is 19.4. The first-order valence-corrected chi connectivity index (χ1v) is 11.5. The van der Waals surface area contributed by atoms with E-state index in [1.807, 2.05) is 60.7 Å². The summed E-state index contributed by atoms with van der Waals surface area (Å²) < 4.78 is 14.8. The average molecular weight is 447 g/mol. The topological polar surface area (TPSA) is 57.3 Å². The van der Waals surface area contributed by atoms with Crippen LogP contribution in [0.1, 0.15) is 12.8 Å². The standard InChI is InChI=1S/C25H23FN4OS/c26-21-7-4-8-22-23(21)29-25(32-22)30-15-13-17(14-16-30)24(31)28-20-11-9-19(10-12-20)27-18-5-2-1-3-6-18/h1-12,17,27H,13-16H2,(H,28,31). The third-order valence-electron chi connectivity index (χ3n) is 5.71. The van der Waals surface area contributed by atoms with Gasteiger partial charge in [0.2, 0.25) is 5.91 Å². The van der Waals surface area contributed by atoms with Gasteiger partial charge in [-0.05, 0) is 61.4 Å². The summed E-state index contributed by atoms with van der Waals surface area (Å²) in [5.74, 6) is -0.285. The summed E-state index contributed by atoms with van der Waals surface area (Å²) in [7, 11) is 0. The van der Waals surface area contributed by atoms with Crippen molar-refractivity contribution in [1.29, 1.82) is 0 Å². The number of anilines is 4. The van der Waals surface area contributed by atoms with Crippen molar-refractivity contribution in [3.05, 3.63) is 78.6 Å². The Morgan fingerprint density at radius 3 is 2.31 bits per heavy atom. The van der Waals surface area contributed by atoms with Crippen molar-refractivity contribution in [2.75, 3.05) is 28.6 Å². The maximum atomic E-state index is 13.9. The highest BCUT2D eigenvalue weighted by molar-refractivity contribution is 7.22. The molecular formula is C25H23FN4OS. The van der Waals surface area contributed by atoms with E-state index >= 15 is 0 Å². The Morgan fingerprint density at radius 2 is 1.59 bits per heavy atom. The molecule has 5 rings (SSSR count). The van der Waals surface area contributed by atoms with Gasteiger partial charge in [-0.1, -0.05) is 35.6 Å². The fourth-order valence-corrected chi connectivity index (χ4v) is 4.97. The maximum Gasteiger partial charge on any atom is 0.227 e. The van der Waals surface area contributed by atoms with E-state index in [0.29, 0.717) is 5.52 Å². The fourth-order valence-electron chi connectivity index (χ4n) is 3.94. The summed E-state index contributed by atoms with van der Waals surface area (Å²) >= 11 is 1.50. The first-order valence-electron chi connectivity index (χ1n) is 10.7. The van der Waals surface area contributed by atoms with Crippen molar-refractivity contribution < 1.29 is 9.18 Å². The van der Waals surface area contributed by atoms with Crippen LogP contribution in [0.3, 0.4) is 0 Å². The number of halogens is 1. The molecule has 32 heavy (non-hydrogen) atoms. The Bertz CT molecular complexity index is 1220. The molecule has 162 valence electrons. The number of thiazole rings is 1. The number of benzene rings is 3. The molecule has 5 nitrogen and oxygen atoms in total. The van der Waals surface area contributed by atoms with E-state index in [2.05, 4.69) is 20.5 Å². The summed E-state index contributed by atoms with van der Waals surface area (Å²) in [6.45, 7) is 1.47. The first-order chi connectivity index (χ1) is 15.7. The van der Waals surface area contributed by atoms with E-state index in [9.17, 15) is 9.18 Å². The predicted octanol–water partition coefficient (Wildman–Crippen LogP) is 6.03. The molecule has 1 saturated heterocycles. The van der Waals surface area contributed by atoms with Crippen LogP contribution >= 0.6 is 11.3 Å². The zero-order chi connectivity index (χ0) is 21.9. The highest BCUT2D eigenvalue weighted by Gasteiger charge is 2.26. The summed E-state index contributed by atoms with van der Waals surface area (Å²) in [6, 6.07) is 22.7.